The van der Waals surface area contributed by atoms with Crippen LogP contribution < -0.4 is 15.4 Å². The van der Waals surface area contributed by atoms with Crippen LogP contribution in [0.5, 0.6) is 5.75 Å². The zero-order valence-electron chi connectivity index (χ0n) is 18.6. The van der Waals surface area contributed by atoms with Gasteiger partial charge in [0.25, 0.3) is 11.8 Å². The number of unbranched alkanes of at least 4 members (excludes halogenated alkanes) is 1. The van der Waals surface area contributed by atoms with Gasteiger partial charge in [-0.1, -0.05) is 31.5 Å². The third-order valence-corrected chi connectivity index (χ3v) is 5.49. The molecule has 0 radical (unpaired) electrons. The Kier molecular flexibility index (Phi) is 8.58. The minimum atomic E-state index is -0.341. The van der Waals surface area contributed by atoms with Gasteiger partial charge in [-0.15, -0.1) is 0 Å². The summed E-state index contributed by atoms with van der Waals surface area (Å²) in [5, 5.41) is 5.82. The number of hydrogen-bond acceptors (Lipinski definition) is 5. The maximum absolute atomic E-state index is 13.0. The number of anilines is 1. The molecular formula is C24H30N4O3S. The number of likely N-dealkylation sites (N-methyl/N-ethyl adjacent to an activating group) is 1. The van der Waals surface area contributed by atoms with E-state index in [2.05, 4.69) is 22.5 Å². The van der Waals surface area contributed by atoms with E-state index in [0.29, 0.717) is 42.3 Å². The van der Waals surface area contributed by atoms with Crippen LogP contribution in [0.3, 0.4) is 0 Å². The Morgan fingerprint density at radius 3 is 2.56 bits per heavy atom. The lowest BCUT2D eigenvalue weighted by molar-refractivity contribution is 0.0665. The highest BCUT2D eigenvalue weighted by Gasteiger charge is 2.22. The summed E-state index contributed by atoms with van der Waals surface area (Å²) < 4.78 is 5.67. The van der Waals surface area contributed by atoms with Gasteiger partial charge in [0, 0.05) is 31.7 Å². The minimum Gasteiger partial charge on any atom is -0.494 e. The number of nitrogens with zero attached hydrogens (tertiary/aromatic N) is 2. The van der Waals surface area contributed by atoms with Crippen LogP contribution >= 0.6 is 12.2 Å². The SMILES string of the molecule is CCCCOc1cccc(C(=O)NC(=S)Nc2ccccc2C(=O)N2CCN(C)CC2)c1. The fourth-order valence-corrected chi connectivity index (χ4v) is 3.55. The topological polar surface area (TPSA) is 73.9 Å². The van der Waals surface area contributed by atoms with Gasteiger partial charge in [0.2, 0.25) is 0 Å². The molecule has 7 nitrogen and oxygen atoms in total. The summed E-state index contributed by atoms with van der Waals surface area (Å²) in [7, 11) is 2.05. The van der Waals surface area contributed by atoms with E-state index in [4.69, 9.17) is 17.0 Å². The molecule has 0 spiro atoms. The highest BCUT2D eigenvalue weighted by molar-refractivity contribution is 7.80. The first-order valence-corrected chi connectivity index (χ1v) is 11.3. The zero-order valence-corrected chi connectivity index (χ0v) is 19.4. The lowest BCUT2D eigenvalue weighted by Crippen LogP contribution is -2.47. The van der Waals surface area contributed by atoms with Crippen molar-refractivity contribution in [1.29, 1.82) is 0 Å². The fourth-order valence-electron chi connectivity index (χ4n) is 3.35. The molecular weight excluding hydrogens is 424 g/mol. The van der Waals surface area contributed by atoms with Crippen molar-refractivity contribution in [2.24, 2.45) is 0 Å². The number of carbonyl (C=O) groups excluding carboxylic acids is 2. The quantitative estimate of drug-likeness (QED) is 0.494. The molecule has 2 amide bonds. The van der Waals surface area contributed by atoms with Gasteiger partial charge >= 0.3 is 0 Å². The van der Waals surface area contributed by atoms with Crippen LogP contribution in [0.4, 0.5) is 5.69 Å². The molecule has 0 atom stereocenters. The Morgan fingerprint density at radius 1 is 1.06 bits per heavy atom. The Labute approximate surface area is 194 Å². The molecule has 0 bridgehead atoms. The smallest absolute Gasteiger partial charge is 0.257 e. The molecule has 1 fully saturated rings. The molecule has 32 heavy (non-hydrogen) atoms. The molecule has 0 unspecified atom stereocenters. The summed E-state index contributed by atoms with van der Waals surface area (Å²) in [6.45, 7) is 5.76. The second-order valence-electron chi connectivity index (χ2n) is 7.78. The number of amides is 2. The molecule has 0 aromatic heterocycles. The molecule has 0 saturated carbocycles. The summed E-state index contributed by atoms with van der Waals surface area (Å²) in [5.41, 5.74) is 1.54. The highest BCUT2D eigenvalue weighted by atomic mass is 32.1. The van der Waals surface area contributed by atoms with Crippen LogP contribution in [0.1, 0.15) is 40.5 Å². The van der Waals surface area contributed by atoms with Crippen molar-refractivity contribution in [2.45, 2.75) is 19.8 Å². The summed E-state index contributed by atoms with van der Waals surface area (Å²) in [4.78, 5) is 29.7. The number of hydrogen-bond donors (Lipinski definition) is 2. The van der Waals surface area contributed by atoms with E-state index in [1.54, 1.807) is 30.3 Å². The molecule has 1 aliphatic heterocycles. The number of thiocarbonyl (C=S) groups is 1. The Bertz CT molecular complexity index is 958. The van der Waals surface area contributed by atoms with Gasteiger partial charge in [-0.25, -0.2) is 0 Å². The van der Waals surface area contributed by atoms with Gasteiger partial charge in [0.05, 0.1) is 17.9 Å². The molecule has 0 aliphatic carbocycles. The molecule has 1 heterocycles. The molecule has 170 valence electrons. The van der Waals surface area contributed by atoms with Gasteiger partial charge in [0.1, 0.15) is 5.75 Å². The van der Waals surface area contributed by atoms with E-state index >= 15 is 0 Å². The normalized spacial score (nSPS) is 14.0. The van der Waals surface area contributed by atoms with Crippen LogP contribution in [-0.2, 0) is 0 Å². The summed E-state index contributed by atoms with van der Waals surface area (Å²) in [6, 6.07) is 14.2. The average Bonchev–Trinajstić information content (AvgIpc) is 2.80. The predicted octanol–water partition coefficient (Wildman–Crippen LogP) is 3.38. The van der Waals surface area contributed by atoms with E-state index in [1.165, 1.54) is 0 Å². The lowest BCUT2D eigenvalue weighted by Gasteiger charge is -2.32. The van der Waals surface area contributed by atoms with E-state index in [0.717, 1.165) is 25.9 Å². The van der Waals surface area contributed by atoms with E-state index < -0.39 is 0 Å². The van der Waals surface area contributed by atoms with Crippen molar-refractivity contribution in [3.63, 3.8) is 0 Å². The van der Waals surface area contributed by atoms with Gasteiger partial charge < -0.3 is 19.9 Å². The molecule has 2 N–H and O–H groups in total. The predicted molar refractivity (Wildman–Crippen MR) is 130 cm³/mol. The maximum atomic E-state index is 13.0. The fraction of sp³-hybridized carbons (Fsp3) is 0.375. The van der Waals surface area contributed by atoms with Crippen molar-refractivity contribution < 1.29 is 14.3 Å². The van der Waals surface area contributed by atoms with Crippen molar-refractivity contribution in [2.75, 3.05) is 45.2 Å². The number of ether oxygens (including phenoxy) is 1. The van der Waals surface area contributed by atoms with Crippen LogP contribution in [0.25, 0.3) is 0 Å². The number of para-hydroxylation sites is 1. The number of piperazine rings is 1. The van der Waals surface area contributed by atoms with Crippen LogP contribution in [-0.4, -0.2) is 66.6 Å². The molecule has 3 rings (SSSR count). The van der Waals surface area contributed by atoms with Gasteiger partial charge in [-0.3, -0.25) is 14.9 Å². The number of carbonyl (C=O) groups is 2. The van der Waals surface area contributed by atoms with Crippen molar-refractivity contribution in [3.8, 4) is 5.75 Å². The molecule has 1 saturated heterocycles. The van der Waals surface area contributed by atoms with Crippen LogP contribution in [0.2, 0.25) is 0 Å². The minimum absolute atomic E-state index is 0.0488. The largest absolute Gasteiger partial charge is 0.494 e. The number of nitrogens with one attached hydrogen (secondary N) is 2. The molecule has 2 aromatic carbocycles. The van der Waals surface area contributed by atoms with Crippen molar-refractivity contribution >= 4 is 34.8 Å². The van der Waals surface area contributed by atoms with Crippen molar-refractivity contribution in [1.82, 2.24) is 15.1 Å². The maximum Gasteiger partial charge on any atom is 0.257 e. The second-order valence-corrected chi connectivity index (χ2v) is 8.19. The zero-order chi connectivity index (χ0) is 22.9. The first-order valence-electron chi connectivity index (χ1n) is 10.9. The monoisotopic (exact) mass is 454 g/mol. The number of rotatable bonds is 7. The Hall–Kier alpha value is -2.97. The third kappa shape index (κ3) is 6.51. The van der Waals surface area contributed by atoms with E-state index in [9.17, 15) is 9.59 Å². The average molecular weight is 455 g/mol. The molecule has 1 aliphatic rings. The Balaban J connectivity index is 1.62. The Morgan fingerprint density at radius 2 is 1.81 bits per heavy atom. The summed E-state index contributed by atoms with van der Waals surface area (Å²) in [6.07, 6.45) is 2.00. The molecule has 2 aromatic rings. The van der Waals surface area contributed by atoms with Gasteiger partial charge in [-0.05, 0) is 56.0 Å². The molecule has 8 heteroatoms. The second kappa shape index (κ2) is 11.6. The first-order chi connectivity index (χ1) is 15.5. The lowest BCUT2D eigenvalue weighted by atomic mass is 10.1. The number of benzene rings is 2. The highest BCUT2D eigenvalue weighted by Crippen LogP contribution is 2.19. The van der Waals surface area contributed by atoms with Gasteiger partial charge in [-0.2, -0.15) is 0 Å². The van der Waals surface area contributed by atoms with Crippen LogP contribution in [0.15, 0.2) is 48.5 Å². The van der Waals surface area contributed by atoms with E-state index in [1.807, 2.05) is 30.1 Å². The van der Waals surface area contributed by atoms with Crippen molar-refractivity contribution in [3.05, 3.63) is 59.7 Å². The van der Waals surface area contributed by atoms with Crippen LogP contribution in [0, 0.1) is 0 Å². The summed E-state index contributed by atoms with van der Waals surface area (Å²) in [5.74, 6) is 0.256. The van der Waals surface area contributed by atoms with Gasteiger partial charge in [0.15, 0.2) is 5.11 Å². The summed E-state index contributed by atoms with van der Waals surface area (Å²) >= 11 is 5.34. The third-order valence-electron chi connectivity index (χ3n) is 5.29. The first kappa shape index (κ1) is 23.7. The van der Waals surface area contributed by atoms with E-state index in [-0.39, 0.29) is 16.9 Å². The standard InChI is InChI=1S/C24H30N4O3S/c1-3-4-16-31-19-9-7-8-18(17-19)22(29)26-24(32)25-21-11-6-5-10-20(21)23(30)28-14-12-27(2)13-15-28/h5-11,17H,3-4,12-16H2,1-2H3,(H2,25,26,29,32).